The standard InChI is InChI=1S/C37H41F3N8O5/c1-21(2)32(46-36(51)52)35(50)48-15-4-5-29(48)33-43-20-28(45-33)24-8-6-23(7-9-24)27-12-10-25(17-30(27)53-37(38,39)40)34(49)44-26-11-13-31(42-19-26)47-16-14-41-18-22(47)3/h6-13,17,19-22,29,32,41,46H,4-5,14-16,18H2,1-3H3,(H,43,45)(H,44,49)(H,51,52)/t22-,29+,32+/m1/s1. The number of carboxylic acid groups (broad SMARTS) is 1. The SMILES string of the molecule is CC(C)[C@H](NC(=O)O)C(=O)N1CCC[C@H]1c1ncc(-c2ccc(-c3ccc(C(=O)Nc4ccc(N5CCNC[C@H]5C)nc4)cc3OC(F)(F)F)cc2)[nH]1. The molecule has 0 unspecified atom stereocenters. The Hall–Kier alpha value is -5.64. The lowest BCUT2D eigenvalue weighted by Crippen LogP contribution is -2.50. The minimum Gasteiger partial charge on any atom is -0.465 e. The van der Waals surface area contributed by atoms with Gasteiger partial charge in [0.05, 0.1) is 29.8 Å². The zero-order chi connectivity index (χ0) is 37.9. The van der Waals surface area contributed by atoms with Crippen LogP contribution in [0.1, 0.15) is 55.8 Å². The Morgan fingerprint density at radius 1 is 1.00 bits per heavy atom. The predicted octanol–water partition coefficient (Wildman–Crippen LogP) is 6.04. The second-order valence-corrected chi connectivity index (χ2v) is 13.5. The van der Waals surface area contributed by atoms with Crippen LogP contribution in [0.5, 0.6) is 5.75 Å². The van der Waals surface area contributed by atoms with E-state index < -0.39 is 30.2 Å². The van der Waals surface area contributed by atoms with Crippen molar-refractivity contribution in [2.45, 2.75) is 58.1 Å². The first-order valence-electron chi connectivity index (χ1n) is 17.4. The van der Waals surface area contributed by atoms with Crippen LogP contribution in [0.3, 0.4) is 0 Å². The molecule has 4 aromatic rings. The van der Waals surface area contributed by atoms with Gasteiger partial charge < -0.3 is 40.6 Å². The van der Waals surface area contributed by atoms with Crippen molar-refractivity contribution in [1.29, 1.82) is 0 Å². The molecule has 3 amide bonds. The summed E-state index contributed by atoms with van der Waals surface area (Å²) in [5.41, 5.74) is 2.22. The number of carbonyl (C=O) groups is 3. The predicted molar refractivity (Wildman–Crippen MR) is 191 cm³/mol. The molecule has 2 aromatic heterocycles. The summed E-state index contributed by atoms with van der Waals surface area (Å²) in [5, 5.41) is 17.6. The molecule has 0 radical (unpaired) electrons. The fourth-order valence-electron chi connectivity index (χ4n) is 6.75. The van der Waals surface area contributed by atoms with Crippen molar-refractivity contribution < 1.29 is 37.4 Å². The quantitative estimate of drug-likeness (QED) is 0.131. The summed E-state index contributed by atoms with van der Waals surface area (Å²) in [4.78, 5) is 53.8. The third-order valence-corrected chi connectivity index (χ3v) is 9.44. The van der Waals surface area contributed by atoms with E-state index in [0.717, 1.165) is 37.9 Å². The van der Waals surface area contributed by atoms with Gasteiger partial charge in [-0.25, -0.2) is 14.8 Å². The zero-order valence-corrected chi connectivity index (χ0v) is 29.4. The van der Waals surface area contributed by atoms with Crippen molar-refractivity contribution >= 4 is 29.4 Å². The number of hydrogen-bond acceptors (Lipinski definition) is 8. The highest BCUT2D eigenvalue weighted by atomic mass is 19.4. The number of rotatable bonds is 10. The van der Waals surface area contributed by atoms with E-state index in [0.29, 0.717) is 41.3 Å². The minimum absolute atomic E-state index is 0.0349. The number of nitrogens with zero attached hydrogens (tertiary/aromatic N) is 4. The van der Waals surface area contributed by atoms with Gasteiger partial charge in [0.15, 0.2) is 0 Å². The maximum atomic E-state index is 13.6. The molecule has 13 nitrogen and oxygen atoms in total. The molecule has 5 N–H and O–H groups in total. The number of ether oxygens (including phenoxy) is 1. The fourth-order valence-corrected chi connectivity index (χ4v) is 6.75. The molecular formula is C37H41F3N8O5. The van der Waals surface area contributed by atoms with Crippen molar-refractivity contribution in [3.63, 3.8) is 0 Å². The molecule has 3 atom stereocenters. The normalized spacial score (nSPS) is 18.2. The highest BCUT2D eigenvalue weighted by molar-refractivity contribution is 6.05. The lowest BCUT2D eigenvalue weighted by Gasteiger charge is -2.34. The van der Waals surface area contributed by atoms with Gasteiger partial charge in [-0.05, 0) is 67.1 Å². The van der Waals surface area contributed by atoms with E-state index >= 15 is 0 Å². The highest BCUT2D eigenvalue weighted by Gasteiger charge is 2.37. The number of hydrogen-bond donors (Lipinski definition) is 5. The van der Waals surface area contributed by atoms with Gasteiger partial charge in [-0.2, -0.15) is 0 Å². The van der Waals surface area contributed by atoms with E-state index in [2.05, 4.69) is 47.5 Å². The second kappa shape index (κ2) is 15.5. The Labute approximate surface area is 304 Å². The lowest BCUT2D eigenvalue weighted by atomic mass is 10.00. The van der Waals surface area contributed by atoms with Crippen LogP contribution in [0.4, 0.5) is 29.5 Å². The number of piperazine rings is 1. The van der Waals surface area contributed by atoms with Gasteiger partial charge >= 0.3 is 12.5 Å². The number of aromatic amines is 1. The van der Waals surface area contributed by atoms with Crippen molar-refractivity contribution in [2.75, 3.05) is 36.4 Å². The molecule has 0 aliphatic carbocycles. The van der Waals surface area contributed by atoms with Gasteiger partial charge in [0, 0.05) is 43.3 Å². The average Bonchev–Trinajstić information content (AvgIpc) is 3.81. The Kier molecular flexibility index (Phi) is 10.9. The number of nitrogens with one attached hydrogen (secondary N) is 4. The summed E-state index contributed by atoms with van der Waals surface area (Å²) in [6, 6.07) is 13.1. The first-order valence-corrected chi connectivity index (χ1v) is 17.4. The molecule has 2 aliphatic rings. The smallest absolute Gasteiger partial charge is 0.465 e. The van der Waals surface area contributed by atoms with E-state index in [1.54, 1.807) is 61.3 Å². The number of likely N-dealkylation sites (tertiary alicyclic amines) is 1. The first kappa shape index (κ1) is 37.1. The zero-order valence-electron chi connectivity index (χ0n) is 29.4. The number of carbonyl (C=O) groups excluding carboxylic acids is 2. The molecule has 16 heteroatoms. The number of imidazole rings is 1. The van der Waals surface area contributed by atoms with E-state index in [-0.39, 0.29) is 35.0 Å². The van der Waals surface area contributed by atoms with Crippen LogP contribution in [0.2, 0.25) is 0 Å². The minimum atomic E-state index is -5.01. The van der Waals surface area contributed by atoms with Crippen LogP contribution in [0, 0.1) is 5.92 Å². The van der Waals surface area contributed by atoms with Crippen LogP contribution >= 0.6 is 0 Å². The number of anilines is 2. The average molecular weight is 735 g/mol. The summed E-state index contributed by atoms with van der Waals surface area (Å²) in [5.74, 6) is -0.429. The van der Waals surface area contributed by atoms with Gasteiger partial charge in [-0.15, -0.1) is 13.2 Å². The molecule has 2 fully saturated rings. The Bertz CT molecular complexity index is 1930. The topological polar surface area (TPSA) is 165 Å². The van der Waals surface area contributed by atoms with Crippen LogP contribution in [0.15, 0.2) is 67.0 Å². The molecule has 53 heavy (non-hydrogen) atoms. The molecule has 280 valence electrons. The fraction of sp³-hybridized carbons (Fsp3) is 0.378. The van der Waals surface area contributed by atoms with Crippen LogP contribution in [-0.4, -0.2) is 87.5 Å². The summed E-state index contributed by atoms with van der Waals surface area (Å²) >= 11 is 0. The summed E-state index contributed by atoms with van der Waals surface area (Å²) < 4.78 is 45.1. The summed E-state index contributed by atoms with van der Waals surface area (Å²) in [6.07, 6.45) is -1.79. The molecule has 0 bridgehead atoms. The number of amides is 3. The van der Waals surface area contributed by atoms with Gasteiger partial charge in [0.25, 0.3) is 5.91 Å². The molecule has 2 aliphatic heterocycles. The molecule has 2 saturated heterocycles. The van der Waals surface area contributed by atoms with Crippen LogP contribution in [0.25, 0.3) is 22.4 Å². The van der Waals surface area contributed by atoms with Crippen molar-refractivity contribution in [1.82, 2.24) is 30.5 Å². The molecule has 2 aromatic carbocycles. The van der Waals surface area contributed by atoms with Crippen LogP contribution < -0.4 is 25.6 Å². The Morgan fingerprint density at radius 2 is 1.75 bits per heavy atom. The number of benzene rings is 2. The third-order valence-electron chi connectivity index (χ3n) is 9.44. The van der Waals surface area contributed by atoms with Crippen molar-refractivity contribution in [2.24, 2.45) is 5.92 Å². The van der Waals surface area contributed by atoms with Gasteiger partial charge in [-0.3, -0.25) is 9.59 Å². The molecule has 4 heterocycles. The van der Waals surface area contributed by atoms with Gasteiger partial charge in [-0.1, -0.05) is 38.1 Å². The maximum absolute atomic E-state index is 13.6. The number of halogens is 3. The second-order valence-electron chi connectivity index (χ2n) is 13.5. The molecular weight excluding hydrogens is 693 g/mol. The van der Waals surface area contributed by atoms with Gasteiger partial charge in [0.2, 0.25) is 5.91 Å². The van der Waals surface area contributed by atoms with Crippen molar-refractivity contribution in [3.8, 4) is 28.1 Å². The monoisotopic (exact) mass is 734 g/mol. The number of pyridine rings is 1. The van der Waals surface area contributed by atoms with E-state index in [1.165, 1.54) is 18.3 Å². The molecule has 0 saturated carbocycles. The lowest BCUT2D eigenvalue weighted by molar-refractivity contribution is -0.274. The molecule has 0 spiro atoms. The summed E-state index contributed by atoms with van der Waals surface area (Å²) in [6.45, 7) is 8.54. The van der Waals surface area contributed by atoms with E-state index in [1.807, 2.05) is 0 Å². The maximum Gasteiger partial charge on any atom is 0.573 e. The van der Waals surface area contributed by atoms with Gasteiger partial charge in [0.1, 0.15) is 23.4 Å². The highest BCUT2D eigenvalue weighted by Crippen LogP contribution is 2.37. The Balaban J connectivity index is 1.17. The third kappa shape index (κ3) is 8.71. The van der Waals surface area contributed by atoms with E-state index in [4.69, 9.17) is 0 Å². The number of aromatic nitrogens is 3. The number of alkyl halides is 3. The number of H-pyrrole nitrogens is 1. The first-order chi connectivity index (χ1) is 25.3. The van der Waals surface area contributed by atoms with E-state index in [9.17, 15) is 32.7 Å². The molecule has 6 rings (SSSR count). The summed E-state index contributed by atoms with van der Waals surface area (Å²) in [7, 11) is 0. The van der Waals surface area contributed by atoms with Crippen molar-refractivity contribution in [3.05, 3.63) is 78.4 Å². The largest absolute Gasteiger partial charge is 0.573 e. The van der Waals surface area contributed by atoms with Crippen LogP contribution in [-0.2, 0) is 4.79 Å². The Morgan fingerprint density at radius 3 is 2.42 bits per heavy atom.